The number of rotatable bonds is 5. The minimum Gasteiger partial charge on any atom is -0.444 e. The third-order valence-electron chi connectivity index (χ3n) is 1.17. The van der Waals surface area contributed by atoms with Gasteiger partial charge in [0.2, 0.25) is 0 Å². The summed E-state index contributed by atoms with van der Waals surface area (Å²) >= 11 is 0. The largest absolute Gasteiger partial charge is 0.444 e. The number of hydrogen-bond donors (Lipinski definition) is 2. The molecule has 96 valence electrons. The first kappa shape index (κ1) is 11.5. The SMILES string of the molecule is [2H]C([2H])(OC(F)F)[C@@H](CO)NC(=O)OC(C)(C)C. The van der Waals surface area contributed by atoms with E-state index in [2.05, 4.69) is 4.74 Å². The molecule has 0 rings (SSSR count). The maximum Gasteiger partial charge on any atom is 0.408 e. The molecule has 0 aromatic carbocycles. The Bertz CT molecular complexity index is 284. The van der Waals surface area contributed by atoms with E-state index in [-0.39, 0.29) is 0 Å². The average molecular weight is 243 g/mol. The van der Waals surface area contributed by atoms with Gasteiger partial charge in [-0.2, -0.15) is 8.78 Å². The van der Waals surface area contributed by atoms with Gasteiger partial charge < -0.3 is 19.9 Å². The van der Waals surface area contributed by atoms with Gasteiger partial charge in [0.1, 0.15) is 5.60 Å². The highest BCUT2D eigenvalue weighted by molar-refractivity contribution is 5.68. The second-order valence-corrected chi connectivity index (χ2v) is 3.88. The van der Waals surface area contributed by atoms with Crippen LogP contribution in [0.2, 0.25) is 0 Å². The molecule has 0 radical (unpaired) electrons. The molecule has 7 heteroatoms. The van der Waals surface area contributed by atoms with Crippen molar-refractivity contribution < 1.29 is 30.9 Å². The number of alkyl halides is 2. The Labute approximate surface area is 95.5 Å². The first-order valence-corrected chi connectivity index (χ1v) is 4.54. The lowest BCUT2D eigenvalue weighted by Gasteiger charge is -2.22. The van der Waals surface area contributed by atoms with Crippen LogP contribution in [0, 0.1) is 0 Å². The number of amides is 1. The van der Waals surface area contributed by atoms with Crippen LogP contribution in [0.15, 0.2) is 0 Å². The number of carbonyl (C=O) groups is 1. The first-order chi connectivity index (χ1) is 7.98. The van der Waals surface area contributed by atoms with Crippen LogP contribution in [0.4, 0.5) is 13.6 Å². The Kier molecular flexibility index (Phi) is 4.75. The maximum atomic E-state index is 11.9. The van der Waals surface area contributed by atoms with Crippen molar-refractivity contribution in [1.82, 2.24) is 5.32 Å². The summed E-state index contributed by atoms with van der Waals surface area (Å²) < 4.78 is 46.7. The van der Waals surface area contributed by atoms with Gasteiger partial charge in [0.15, 0.2) is 0 Å². The lowest BCUT2D eigenvalue weighted by Crippen LogP contribution is -2.43. The topological polar surface area (TPSA) is 67.8 Å². The molecule has 0 aliphatic carbocycles. The van der Waals surface area contributed by atoms with Gasteiger partial charge in [-0.15, -0.1) is 0 Å². The smallest absolute Gasteiger partial charge is 0.408 e. The lowest BCUT2D eigenvalue weighted by molar-refractivity contribution is -0.135. The first-order valence-electron chi connectivity index (χ1n) is 5.54. The second kappa shape index (κ2) is 6.59. The fourth-order valence-corrected chi connectivity index (χ4v) is 0.696. The molecule has 0 bridgehead atoms. The fraction of sp³-hybridized carbons (Fsp3) is 0.889. The summed E-state index contributed by atoms with van der Waals surface area (Å²) in [6.07, 6.45) is -1.04. The lowest BCUT2D eigenvalue weighted by atomic mass is 10.2. The summed E-state index contributed by atoms with van der Waals surface area (Å²) in [5.41, 5.74) is -0.833. The van der Waals surface area contributed by atoms with Crippen molar-refractivity contribution in [2.24, 2.45) is 0 Å². The number of aliphatic hydroxyl groups is 1. The molecule has 0 spiro atoms. The van der Waals surface area contributed by atoms with E-state index < -0.39 is 37.5 Å². The molecule has 1 amide bonds. The van der Waals surface area contributed by atoms with E-state index in [0.717, 1.165) is 0 Å². The van der Waals surface area contributed by atoms with Crippen molar-refractivity contribution in [3.05, 3.63) is 0 Å². The monoisotopic (exact) mass is 243 g/mol. The molecule has 0 saturated carbocycles. The number of ether oxygens (including phenoxy) is 2. The summed E-state index contributed by atoms with van der Waals surface area (Å²) in [6.45, 7) is -2.48. The van der Waals surface area contributed by atoms with Gasteiger partial charge >= 0.3 is 12.7 Å². The number of alkyl carbamates (subject to hydrolysis) is 1. The molecule has 0 aliphatic rings. The quantitative estimate of drug-likeness (QED) is 0.759. The van der Waals surface area contributed by atoms with Gasteiger partial charge in [-0.25, -0.2) is 4.79 Å². The van der Waals surface area contributed by atoms with Crippen molar-refractivity contribution in [2.75, 3.05) is 13.2 Å². The molecule has 0 heterocycles. The molecule has 5 nitrogen and oxygen atoms in total. The van der Waals surface area contributed by atoms with Crippen LogP contribution < -0.4 is 5.32 Å². The van der Waals surface area contributed by atoms with Crippen molar-refractivity contribution in [3.8, 4) is 0 Å². The van der Waals surface area contributed by atoms with Crippen molar-refractivity contribution in [2.45, 2.75) is 39.0 Å². The van der Waals surface area contributed by atoms with Crippen molar-refractivity contribution in [3.63, 3.8) is 0 Å². The molecule has 0 aromatic rings. The highest BCUT2D eigenvalue weighted by Crippen LogP contribution is 2.07. The summed E-state index contributed by atoms with van der Waals surface area (Å²) in [5.74, 6) is 0. The number of nitrogens with one attached hydrogen (secondary N) is 1. The van der Waals surface area contributed by atoms with Crippen LogP contribution >= 0.6 is 0 Å². The van der Waals surface area contributed by atoms with E-state index in [1.807, 2.05) is 5.32 Å². The molecule has 0 aliphatic heterocycles. The van der Waals surface area contributed by atoms with Crippen LogP contribution in [0.1, 0.15) is 23.5 Å². The normalized spacial score (nSPS) is 16.4. The fourth-order valence-electron chi connectivity index (χ4n) is 0.696. The maximum absolute atomic E-state index is 11.9. The molecule has 0 fully saturated rings. The van der Waals surface area contributed by atoms with Gasteiger partial charge in [-0.05, 0) is 20.8 Å². The van der Waals surface area contributed by atoms with Crippen molar-refractivity contribution >= 4 is 6.09 Å². The zero-order valence-electron chi connectivity index (χ0n) is 11.3. The van der Waals surface area contributed by atoms with Gasteiger partial charge in [0.25, 0.3) is 0 Å². The Morgan fingerprint density at radius 1 is 1.56 bits per heavy atom. The van der Waals surface area contributed by atoms with Gasteiger partial charge in [-0.1, -0.05) is 0 Å². The Morgan fingerprint density at radius 3 is 2.50 bits per heavy atom. The number of halogens is 2. The molecule has 0 aromatic heterocycles. The minimum atomic E-state index is -3.37. The molecule has 1 atom stereocenters. The molecule has 2 N–H and O–H groups in total. The van der Waals surface area contributed by atoms with Crippen LogP contribution in [0.25, 0.3) is 0 Å². The van der Waals surface area contributed by atoms with Gasteiger partial charge in [-0.3, -0.25) is 0 Å². The third kappa shape index (κ3) is 8.37. The van der Waals surface area contributed by atoms with E-state index >= 15 is 0 Å². The van der Waals surface area contributed by atoms with Crippen LogP contribution in [0.5, 0.6) is 0 Å². The standard InChI is InChI=1S/C9H17F2NO4/c1-9(2,3)16-8(14)12-6(4-13)5-15-7(10)11/h6-7,13H,4-5H2,1-3H3,(H,12,14)/t6-/m1/s1/i5D2. The van der Waals surface area contributed by atoms with E-state index in [1.165, 1.54) is 0 Å². The third-order valence-corrected chi connectivity index (χ3v) is 1.17. The van der Waals surface area contributed by atoms with E-state index in [4.69, 9.17) is 12.6 Å². The Hall–Kier alpha value is -0.950. The minimum absolute atomic E-state index is 0.833. The second-order valence-electron chi connectivity index (χ2n) is 3.88. The highest BCUT2D eigenvalue weighted by atomic mass is 19.3. The zero-order valence-corrected chi connectivity index (χ0v) is 9.29. The predicted octanol–water partition coefficient (Wildman–Crippen LogP) is 1.11. The van der Waals surface area contributed by atoms with E-state index in [1.54, 1.807) is 20.8 Å². The van der Waals surface area contributed by atoms with Crippen molar-refractivity contribution in [1.29, 1.82) is 0 Å². The molecule has 0 unspecified atom stereocenters. The van der Waals surface area contributed by atoms with Gasteiger partial charge in [0.05, 0.1) is 21.9 Å². The molecule has 16 heavy (non-hydrogen) atoms. The zero-order chi connectivity index (χ0) is 14.6. The average Bonchev–Trinajstić information content (AvgIpc) is 2.08. The number of hydrogen-bond acceptors (Lipinski definition) is 4. The molecule has 0 saturated heterocycles. The summed E-state index contributed by atoms with van der Waals surface area (Å²) in [6, 6.07) is -1.67. The van der Waals surface area contributed by atoms with Crippen LogP contribution in [0.3, 0.4) is 0 Å². The summed E-state index contributed by atoms with van der Waals surface area (Å²) in [5, 5.41) is 10.8. The van der Waals surface area contributed by atoms with Gasteiger partial charge in [0, 0.05) is 0 Å². The predicted molar refractivity (Wildman–Crippen MR) is 52.2 cm³/mol. The van der Waals surface area contributed by atoms with Crippen LogP contribution in [-0.2, 0) is 9.47 Å². The number of carbonyl (C=O) groups excluding carboxylic acids is 1. The highest BCUT2D eigenvalue weighted by Gasteiger charge is 2.19. The Balaban J connectivity index is 4.55. The Morgan fingerprint density at radius 2 is 2.12 bits per heavy atom. The molecular weight excluding hydrogens is 224 g/mol. The van der Waals surface area contributed by atoms with Crippen LogP contribution in [-0.4, -0.2) is 42.6 Å². The van der Waals surface area contributed by atoms with E-state index in [9.17, 15) is 13.6 Å². The summed E-state index contributed by atoms with van der Waals surface area (Å²) in [7, 11) is 0. The summed E-state index contributed by atoms with van der Waals surface area (Å²) in [4.78, 5) is 11.3. The molecular formula is C9H17F2NO4. The van der Waals surface area contributed by atoms with E-state index in [0.29, 0.717) is 0 Å². The number of aliphatic hydroxyl groups excluding tert-OH is 1.